The van der Waals surface area contributed by atoms with E-state index in [1.807, 2.05) is 25.1 Å². The monoisotopic (exact) mass is 263 g/mol. The molecule has 2 rings (SSSR count). The number of hydrogen-bond acceptors (Lipinski definition) is 4. The van der Waals surface area contributed by atoms with Gasteiger partial charge in [-0.1, -0.05) is 18.2 Å². The molecule has 4 nitrogen and oxygen atoms in total. The van der Waals surface area contributed by atoms with Crippen LogP contribution in [0, 0.1) is 5.41 Å². The maximum Gasteiger partial charge on any atom is 0.313 e. The molecule has 0 saturated carbocycles. The van der Waals surface area contributed by atoms with Crippen molar-refractivity contribution in [1.82, 2.24) is 0 Å². The quantitative estimate of drug-likeness (QED) is 0.824. The summed E-state index contributed by atoms with van der Waals surface area (Å²) in [5, 5.41) is 0. The number of rotatable bonds is 5. The van der Waals surface area contributed by atoms with Crippen molar-refractivity contribution in [3.63, 3.8) is 0 Å². The Morgan fingerprint density at radius 3 is 2.89 bits per heavy atom. The van der Waals surface area contributed by atoms with Crippen molar-refractivity contribution in [1.29, 1.82) is 0 Å². The molecule has 2 atom stereocenters. The van der Waals surface area contributed by atoms with Crippen LogP contribution >= 0.6 is 0 Å². The average molecular weight is 263 g/mol. The molecule has 1 aromatic rings. The van der Waals surface area contributed by atoms with Gasteiger partial charge in [0, 0.05) is 19.4 Å². The minimum Gasteiger partial charge on any atom is -0.490 e. The highest BCUT2D eigenvalue weighted by Gasteiger charge is 2.38. The summed E-state index contributed by atoms with van der Waals surface area (Å²) in [6.07, 6.45) is 1.40. The third-order valence-electron chi connectivity index (χ3n) is 3.61. The van der Waals surface area contributed by atoms with Crippen molar-refractivity contribution in [2.45, 2.75) is 32.8 Å². The van der Waals surface area contributed by atoms with Crippen LogP contribution in [0.4, 0.5) is 0 Å². The highest BCUT2D eigenvalue weighted by molar-refractivity contribution is 5.76. The van der Waals surface area contributed by atoms with Gasteiger partial charge in [-0.2, -0.15) is 0 Å². The lowest BCUT2D eigenvalue weighted by molar-refractivity contribution is -0.155. The Kier molecular flexibility index (Phi) is 4.10. The molecule has 4 heteroatoms. The number of benzene rings is 1. The van der Waals surface area contributed by atoms with Crippen LogP contribution in [0.15, 0.2) is 24.3 Å². The number of fused-ring (bicyclic) bond motifs is 1. The molecular formula is C15H21NO3. The van der Waals surface area contributed by atoms with Crippen LogP contribution in [0.1, 0.15) is 25.8 Å². The average Bonchev–Trinajstić information content (AvgIpc) is 2.80. The van der Waals surface area contributed by atoms with Crippen LogP contribution in [-0.2, 0) is 16.0 Å². The summed E-state index contributed by atoms with van der Waals surface area (Å²) in [5.41, 5.74) is 6.28. The summed E-state index contributed by atoms with van der Waals surface area (Å²) in [6.45, 7) is 4.29. The van der Waals surface area contributed by atoms with Gasteiger partial charge >= 0.3 is 5.97 Å². The summed E-state index contributed by atoms with van der Waals surface area (Å²) in [5.74, 6) is 0.674. The second-order valence-electron chi connectivity index (χ2n) is 5.24. The minimum absolute atomic E-state index is 0.00430. The number of carbonyl (C=O) groups is 1. The normalized spacial score (nSPS) is 20.3. The molecule has 0 fully saturated rings. The molecule has 1 aliphatic heterocycles. The van der Waals surface area contributed by atoms with E-state index < -0.39 is 5.41 Å². The Balaban J connectivity index is 2.03. The van der Waals surface area contributed by atoms with Crippen molar-refractivity contribution < 1.29 is 14.3 Å². The topological polar surface area (TPSA) is 61.5 Å². The Labute approximate surface area is 113 Å². The van der Waals surface area contributed by atoms with E-state index in [4.69, 9.17) is 15.2 Å². The molecule has 1 aromatic carbocycles. The van der Waals surface area contributed by atoms with Crippen molar-refractivity contribution in [3.05, 3.63) is 29.8 Å². The summed E-state index contributed by atoms with van der Waals surface area (Å²) in [4.78, 5) is 12.0. The smallest absolute Gasteiger partial charge is 0.313 e. The molecule has 0 bridgehead atoms. The molecular weight excluding hydrogens is 242 g/mol. The maximum absolute atomic E-state index is 12.0. The van der Waals surface area contributed by atoms with Gasteiger partial charge in [0.25, 0.3) is 0 Å². The van der Waals surface area contributed by atoms with Crippen molar-refractivity contribution >= 4 is 5.97 Å². The minimum atomic E-state index is -0.678. The Morgan fingerprint density at radius 1 is 1.53 bits per heavy atom. The molecule has 0 amide bonds. The largest absolute Gasteiger partial charge is 0.490 e. The van der Waals surface area contributed by atoms with E-state index in [9.17, 15) is 4.79 Å². The summed E-state index contributed by atoms with van der Waals surface area (Å²) in [7, 11) is 0. The van der Waals surface area contributed by atoms with E-state index in [0.717, 1.165) is 12.2 Å². The van der Waals surface area contributed by atoms with Crippen molar-refractivity contribution in [2.75, 3.05) is 13.2 Å². The highest BCUT2D eigenvalue weighted by Crippen LogP contribution is 2.34. The van der Waals surface area contributed by atoms with E-state index >= 15 is 0 Å². The number of esters is 1. The third kappa shape index (κ3) is 2.89. The van der Waals surface area contributed by atoms with Gasteiger partial charge in [0.15, 0.2) is 0 Å². The van der Waals surface area contributed by atoms with Gasteiger partial charge < -0.3 is 15.2 Å². The highest BCUT2D eigenvalue weighted by atomic mass is 16.5. The number of hydrogen-bond donors (Lipinski definition) is 1. The Bertz CT molecular complexity index is 435. The Hall–Kier alpha value is -1.55. The van der Waals surface area contributed by atoms with Gasteiger partial charge in [0.1, 0.15) is 11.9 Å². The number of para-hydroxylation sites is 1. The molecule has 1 aliphatic rings. The molecule has 0 aliphatic carbocycles. The number of carbonyl (C=O) groups excluding carboxylic acids is 1. The number of ether oxygens (including phenoxy) is 2. The first-order chi connectivity index (χ1) is 9.09. The van der Waals surface area contributed by atoms with E-state index in [1.54, 1.807) is 6.92 Å². The maximum atomic E-state index is 12.0. The molecule has 0 saturated heterocycles. The van der Waals surface area contributed by atoms with E-state index in [-0.39, 0.29) is 18.6 Å². The fraction of sp³-hybridized carbons (Fsp3) is 0.533. The van der Waals surface area contributed by atoms with Crippen LogP contribution < -0.4 is 10.5 Å². The zero-order valence-corrected chi connectivity index (χ0v) is 11.5. The van der Waals surface area contributed by atoms with E-state index in [1.165, 1.54) is 5.56 Å². The van der Waals surface area contributed by atoms with E-state index in [0.29, 0.717) is 13.0 Å². The second-order valence-corrected chi connectivity index (χ2v) is 5.24. The molecule has 19 heavy (non-hydrogen) atoms. The summed E-state index contributed by atoms with van der Waals surface area (Å²) in [6, 6.07) is 7.96. The lowest BCUT2D eigenvalue weighted by Crippen LogP contribution is -2.41. The standard InChI is InChI=1S/C15H21NO3/c1-3-18-14(17)15(2,10-16)9-12-8-11-6-4-5-7-13(11)19-12/h4-7,12H,3,8-10,16H2,1-2H3. The fourth-order valence-corrected chi connectivity index (χ4v) is 2.43. The van der Waals surface area contributed by atoms with Gasteiger partial charge in [-0.05, 0) is 25.5 Å². The van der Waals surface area contributed by atoms with E-state index in [2.05, 4.69) is 6.07 Å². The van der Waals surface area contributed by atoms with Gasteiger partial charge in [-0.3, -0.25) is 4.79 Å². The molecule has 2 unspecified atom stereocenters. The lowest BCUT2D eigenvalue weighted by atomic mass is 9.83. The molecule has 2 N–H and O–H groups in total. The molecule has 0 radical (unpaired) electrons. The number of nitrogens with two attached hydrogens (primary N) is 1. The molecule has 0 spiro atoms. The van der Waals surface area contributed by atoms with Crippen LogP contribution in [0.3, 0.4) is 0 Å². The van der Waals surface area contributed by atoms with Crippen LogP contribution in [0.5, 0.6) is 5.75 Å². The van der Waals surface area contributed by atoms with Crippen LogP contribution in [-0.4, -0.2) is 25.2 Å². The van der Waals surface area contributed by atoms with Crippen LogP contribution in [0.25, 0.3) is 0 Å². The predicted octanol–water partition coefficient (Wildman–Crippen LogP) is 1.91. The lowest BCUT2D eigenvalue weighted by Gasteiger charge is -2.28. The van der Waals surface area contributed by atoms with Crippen LogP contribution in [0.2, 0.25) is 0 Å². The van der Waals surface area contributed by atoms with Gasteiger partial charge in [0.05, 0.1) is 12.0 Å². The van der Waals surface area contributed by atoms with Gasteiger partial charge in [-0.15, -0.1) is 0 Å². The first-order valence-corrected chi connectivity index (χ1v) is 6.71. The van der Waals surface area contributed by atoms with Crippen molar-refractivity contribution in [3.8, 4) is 5.75 Å². The SMILES string of the molecule is CCOC(=O)C(C)(CN)CC1Cc2ccccc2O1. The molecule has 1 heterocycles. The fourth-order valence-electron chi connectivity index (χ4n) is 2.43. The predicted molar refractivity (Wildman–Crippen MR) is 73.0 cm³/mol. The first-order valence-electron chi connectivity index (χ1n) is 6.71. The zero-order chi connectivity index (χ0) is 13.9. The first kappa shape index (κ1) is 13.9. The van der Waals surface area contributed by atoms with Gasteiger partial charge in [0.2, 0.25) is 0 Å². The molecule has 0 aromatic heterocycles. The third-order valence-corrected chi connectivity index (χ3v) is 3.61. The Morgan fingerprint density at radius 2 is 2.26 bits per heavy atom. The van der Waals surface area contributed by atoms with Gasteiger partial charge in [-0.25, -0.2) is 0 Å². The second kappa shape index (κ2) is 5.61. The summed E-state index contributed by atoms with van der Waals surface area (Å²) >= 11 is 0. The van der Waals surface area contributed by atoms with Crippen molar-refractivity contribution in [2.24, 2.45) is 11.1 Å². The summed E-state index contributed by atoms with van der Waals surface area (Å²) < 4.78 is 11.0. The zero-order valence-electron chi connectivity index (χ0n) is 11.5. The molecule has 104 valence electrons.